The van der Waals surface area contributed by atoms with Gasteiger partial charge in [0.25, 0.3) is 0 Å². The van der Waals surface area contributed by atoms with E-state index in [1.165, 1.54) is 19.2 Å². The zero-order valence-corrected chi connectivity index (χ0v) is 13.3. The van der Waals surface area contributed by atoms with E-state index in [1.54, 1.807) is 6.07 Å². The standard InChI is InChI=1S/C14H20F2N2O3.ClH/c1-9(17)3-6-13(19)18-8-10-7-11(20-2)4-5-12(10)21-14(15)16;/h4-5,7,9,14H,3,6,8,17H2,1-2H3,(H,18,19);1H. The van der Waals surface area contributed by atoms with E-state index >= 15 is 0 Å². The number of benzene rings is 1. The van der Waals surface area contributed by atoms with E-state index in [0.717, 1.165) is 0 Å². The van der Waals surface area contributed by atoms with Gasteiger partial charge in [-0.1, -0.05) is 0 Å². The summed E-state index contributed by atoms with van der Waals surface area (Å²) in [5.41, 5.74) is 5.99. The van der Waals surface area contributed by atoms with Crippen LogP contribution in [0.15, 0.2) is 18.2 Å². The van der Waals surface area contributed by atoms with Gasteiger partial charge in [0.05, 0.1) is 7.11 Å². The smallest absolute Gasteiger partial charge is 0.387 e. The summed E-state index contributed by atoms with van der Waals surface area (Å²) in [6.45, 7) is -1.04. The molecule has 22 heavy (non-hydrogen) atoms. The van der Waals surface area contributed by atoms with Crippen molar-refractivity contribution < 1.29 is 23.0 Å². The first-order valence-corrected chi connectivity index (χ1v) is 6.56. The number of nitrogens with two attached hydrogens (primary N) is 1. The fraction of sp³-hybridized carbons (Fsp3) is 0.500. The molecule has 0 saturated heterocycles. The van der Waals surface area contributed by atoms with Gasteiger partial charge in [0.2, 0.25) is 5.91 Å². The van der Waals surface area contributed by atoms with Gasteiger partial charge in [0, 0.05) is 24.6 Å². The fourth-order valence-corrected chi connectivity index (χ4v) is 1.67. The van der Waals surface area contributed by atoms with Crippen molar-refractivity contribution in [3.8, 4) is 11.5 Å². The average Bonchev–Trinajstić information content (AvgIpc) is 2.43. The highest BCUT2D eigenvalue weighted by atomic mass is 35.5. The van der Waals surface area contributed by atoms with E-state index in [4.69, 9.17) is 10.5 Å². The topological polar surface area (TPSA) is 73.6 Å². The summed E-state index contributed by atoms with van der Waals surface area (Å²) in [6, 6.07) is 4.38. The van der Waals surface area contributed by atoms with Gasteiger partial charge in [-0.3, -0.25) is 4.79 Å². The lowest BCUT2D eigenvalue weighted by atomic mass is 10.1. The quantitative estimate of drug-likeness (QED) is 0.763. The Hall–Kier alpha value is -1.60. The summed E-state index contributed by atoms with van der Waals surface area (Å²) in [4.78, 5) is 11.6. The normalized spacial score (nSPS) is 11.5. The molecule has 0 spiro atoms. The van der Waals surface area contributed by atoms with Crippen LogP contribution in [-0.2, 0) is 11.3 Å². The first-order valence-electron chi connectivity index (χ1n) is 6.56. The fourth-order valence-electron chi connectivity index (χ4n) is 1.67. The molecule has 0 aliphatic rings. The zero-order chi connectivity index (χ0) is 15.8. The lowest BCUT2D eigenvalue weighted by Gasteiger charge is -2.13. The van der Waals surface area contributed by atoms with Crippen LogP contribution in [0.2, 0.25) is 0 Å². The Labute approximate surface area is 134 Å². The Kier molecular flexibility index (Phi) is 9.44. The van der Waals surface area contributed by atoms with Crippen molar-refractivity contribution in [1.82, 2.24) is 5.32 Å². The molecule has 5 nitrogen and oxygen atoms in total. The lowest BCUT2D eigenvalue weighted by molar-refractivity contribution is -0.121. The maximum atomic E-state index is 12.3. The van der Waals surface area contributed by atoms with Crippen LogP contribution in [-0.4, -0.2) is 25.7 Å². The van der Waals surface area contributed by atoms with Gasteiger partial charge in [-0.25, -0.2) is 0 Å². The van der Waals surface area contributed by atoms with Crippen LogP contribution in [0.25, 0.3) is 0 Å². The molecule has 0 aliphatic heterocycles. The molecule has 0 heterocycles. The Morgan fingerprint density at radius 2 is 2.09 bits per heavy atom. The zero-order valence-electron chi connectivity index (χ0n) is 12.5. The Balaban J connectivity index is 0.00000441. The predicted molar refractivity (Wildman–Crippen MR) is 81.6 cm³/mol. The molecule has 1 amide bonds. The van der Waals surface area contributed by atoms with E-state index in [0.29, 0.717) is 17.7 Å². The molecule has 0 saturated carbocycles. The first-order chi connectivity index (χ1) is 9.92. The Morgan fingerprint density at radius 1 is 1.41 bits per heavy atom. The predicted octanol–water partition coefficient (Wildman–Crippen LogP) is 2.46. The van der Waals surface area contributed by atoms with E-state index in [2.05, 4.69) is 10.1 Å². The molecule has 3 N–H and O–H groups in total. The van der Waals surface area contributed by atoms with Gasteiger partial charge < -0.3 is 20.5 Å². The van der Waals surface area contributed by atoms with Crippen LogP contribution >= 0.6 is 12.4 Å². The third-order valence-electron chi connectivity index (χ3n) is 2.79. The minimum Gasteiger partial charge on any atom is -0.497 e. The van der Waals surface area contributed by atoms with Gasteiger partial charge in [-0.2, -0.15) is 8.78 Å². The van der Waals surface area contributed by atoms with Crippen molar-refractivity contribution in [2.24, 2.45) is 5.73 Å². The van der Waals surface area contributed by atoms with Crippen LogP contribution in [0.4, 0.5) is 8.78 Å². The molecular formula is C14H21ClF2N2O3. The number of amides is 1. The summed E-state index contributed by atoms with van der Waals surface area (Å²) in [7, 11) is 1.47. The van der Waals surface area contributed by atoms with Gasteiger partial charge >= 0.3 is 6.61 Å². The van der Waals surface area contributed by atoms with Crippen molar-refractivity contribution in [2.75, 3.05) is 7.11 Å². The Morgan fingerprint density at radius 3 is 2.64 bits per heavy atom. The third kappa shape index (κ3) is 7.42. The third-order valence-corrected chi connectivity index (χ3v) is 2.79. The number of hydrogen-bond donors (Lipinski definition) is 2. The summed E-state index contributed by atoms with van der Waals surface area (Å²) in [5, 5.41) is 2.64. The Bertz CT molecular complexity index is 473. The number of halogens is 3. The summed E-state index contributed by atoms with van der Waals surface area (Å²) >= 11 is 0. The number of nitrogens with one attached hydrogen (secondary N) is 1. The number of rotatable bonds is 8. The van der Waals surface area contributed by atoms with Gasteiger partial charge in [0.15, 0.2) is 0 Å². The second kappa shape index (κ2) is 10.2. The van der Waals surface area contributed by atoms with E-state index in [-0.39, 0.29) is 43.1 Å². The molecule has 0 aromatic heterocycles. The molecule has 8 heteroatoms. The molecule has 126 valence electrons. The van der Waals surface area contributed by atoms with Gasteiger partial charge in [-0.05, 0) is 31.5 Å². The molecule has 1 rings (SSSR count). The molecule has 0 aliphatic carbocycles. The minimum atomic E-state index is -2.93. The van der Waals surface area contributed by atoms with Crippen LogP contribution in [0.3, 0.4) is 0 Å². The highest BCUT2D eigenvalue weighted by Crippen LogP contribution is 2.25. The number of alkyl halides is 2. The summed E-state index contributed by atoms with van der Waals surface area (Å²) in [6.07, 6.45) is 0.844. The number of carbonyl (C=O) groups is 1. The largest absolute Gasteiger partial charge is 0.497 e. The minimum absolute atomic E-state index is 0. The summed E-state index contributed by atoms with van der Waals surface area (Å²) < 4.78 is 34.1. The highest BCUT2D eigenvalue weighted by Gasteiger charge is 2.12. The maximum absolute atomic E-state index is 12.3. The monoisotopic (exact) mass is 338 g/mol. The number of hydrogen-bond acceptors (Lipinski definition) is 4. The van der Waals surface area contributed by atoms with Crippen LogP contribution in [0.5, 0.6) is 11.5 Å². The van der Waals surface area contributed by atoms with Gasteiger partial charge in [-0.15, -0.1) is 12.4 Å². The molecule has 0 fully saturated rings. The van der Waals surface area contributed by atoms with E-state index < -0.39 is 6.61 Å². The number of methoxy groups -OCH3 is 1. The molecule has 1 atom stereocenters. The van der Waals surface area contributed by atoms with E-state index in [9.17, 15) is 13.6 Å². The van der Waals surface area contributed by atoms with Crippen molar-refractivity contribution in [2.45, 2.75) is 39.0 Å². The average molecular weight is 339 g/mol. The molecular weight excluding hydrogens is 318 g/mol. The van der Waals surface area contributed by atoms with E-state index in [1.807, 2.05) is 6.92 Å². The molecule has 1 aromatic carbocycles. The SMILES string of the molecule is COc1ccc(OC(F)F)c(CNC(=O)CCC(C)N)c1.Cl. The molecule has 0 radical (unpaired) electrons. The first kappa shape index (κ1) is 20.4. The van der Waals surface area contributed by atoms with Crippen molar-refractivity contribution in [3.63, 3.8) is 0 Å². The van der Waals surface area contributed by atoms with Gasteiger partial charge in [0.1, 0.15) is 11.5 Å². The highest BCUT2D eigenvalue weighted by molar-refractivity contribution is 5.85. The molecule has 0 bridgehead atoms. The molecule has 1 aromatic rings. The number of ether oxygens (including phenoxy) is 2. The maximum Gasteiger partial charge on any atom is 0.387 e. The summed E-state index contributed by atoms with van der Waals surface area (Å²) in [5.74, 6) is 0.313. The van der Waals surface area contributed by atoms with Crippen LogP contribution in [0, 0.1) is 0 Å². The van der Waals surface area contributed by atoms with Crippen LogP contribution < -0.4 is 20.5 Å². The molecule has 1 unspecified atom stereocenters. The lowest BCUT2D eigenvalue weighted by Crippen LogP contribution is -2.25. The van der Waals surface area contributed by atoms with Crippen molar-refractivity contribution in [1.29, 1.82) is 0 Å². The second-order valence-electron chi connectivity index (χ2n) is 4.64. The number of carbonyl (C=O) groups excluding carboxylic acids is 1. The van der Waals surface area contributed by atoms with Crippen molar-refractivity contribution in [3.05, 3.63) is 23.8 Å². The second-order valence-corrected chi connectivity index (χ2v) is 4.64. The van der Waals surface area contributed by atoms with Crippen LogP contribution in [0.1, 0.15) is 25.3 Å². The van der Waals surface area contributed by atoms with Crippen molar-refractivity contribution >= 4 is 18.3 Å².